The van der Waals surface area contributed by atoms with E-state index in [1.54, 1.807) is 0 Å². The predicted octanol–water partition coefficient (Wildman–Crippen LogP) is 0.977. The SMILES string of the molecule is CN1CCC(N2CCC(NC(=O)c3ncoc3C3CC3)CC2)C1=O. The van der Waals surface area contributed by atoms with Gasteiger partial charge in [0.05, 0.1) is 6.04 Å². The molecule has 4 rings (SSSR count). The van der Waals surface area contributed by atoms with E-state index in [9.17, 15) is 9.59 Å². The first-order valence-electron chi connectivity index (χ1n) is 8.86. The molecule has 7 heteroatoms. The molecule has 2 amide bonds. The predicted molar refractivity (Wildman–Crippen MR) is 86.6 cm³/mol. The Labute approximate surface area is 141 Å². The van der Waals surface area contributed by atoms with Crippen molar-refractivity contribution in [2.75, 3.05) is 26.7 Å². The Kier molecular flexibility index (Phi) is 4.04. The fourth-order valence-corrected chi connectivity index (χ4v) is 3.81. The molecule has 1 unspecified atom stereocenters. The van der Waals surface area contributed by atoms with E-state index in [0.717, 1.165) is 57.5 Å². The van der Waals surface area contributed by atoms with Crippen molar-refractivity contribution in [3.05, 3.63) is 17.8 Å². The first-order valence-corrected chi connectivity index (χ1v) is 8.86. The number of hydrogen-bond donors (Lipinski definition) is 1. The third-order valence-electron chi connectivity index (χ3n) is 5.46. The minimum atomic E-state index is -0.124. The molecule has 1 saturated carbocycles. The molecule has 1 N–H and O–H groups in total. The smallest absolute Gasteiger partial charge is 0.273 e. The number of carbonyl (C=O) groups excluding carboxylic acids is 2. The number of carbonyl (C=O) groups is 2. The molecule has 3 aliphatic rings. The Morgan fingerprint density at radius 1 is 1.21 bits per heavy atom. The minimum Gasteiger partial charge on any atom is -0.447 e. The largest absolute Gasteiger partial charge is 0.447 e. The van der Waals surface area contributed by atoms with Gasteiger partial charge >= 0.3 is 0 Å². The molecule has 3 heterocycles. The topological polar surface area (TPSA) is 78.7 Å². The highest BCUT2D eigenvalue weighted by Gasteiger charge is 2.37. The van der Waals surface area contributed by atoms with Gasteiger partial charge in [-0.15, -0.1) is 0 Å². The van der Waals surface area contributed by atoms with Crippen LogP contribution in [0, 0.1) is 0 Å². The van der Waals surface area contributed by atoms with Crippen LogP contribution in [0.1, 0.15) is 54.3 Å². The molecule has 3 fully saturated rings. The van der Waals surface area contributed by atoms with Crippen LogP contribution in [-0.2, 0) is 4.79 Å². The van der Waals surface area contributed by atoms with Gasteiger partial charge < -0.3 is 14.6 Å². The van der Waals surface area contributed by atoms with E-state index in [1.165, 1.54) is 6.39 Å². The van der Waals surface area contributed by atoms with E-state index >= 15 is 0 Å². The summed E-state index contributed by atoms with van der Waals surface area (Å²) >= 11 is 0. The molecule has 0 radical (unpaired) electrons. The third kappa shape index (κ3) is 2.92. The molecule has 0 spiro atoms. The Hall–Kier alpha value is -1.89. The highest BCUT2D eigenvalue weighted by molar-refractivity contribution is 5.93. The molecule has 2 aliphatic heterocycles. The number of hydrogen-bond acceptors (Lipinski definition) is 5. The van der Waals surface area contributed by atoms with Crippen LogP contribution < -0.4 is 5.32 Å². The van der Waals surface area contributed by atoms with Crippen LogP contribution in [0.4, 0.5) is 0 Å². The number of likely N-dealkylation sites (N-methyl/N-ethyl adjacent to an activating group) is 1. The quantitative estimate of drug-likeness (QED) is 0.889. The van der Waals surface area contributed by atoms with Gasteiger partial charge in [0.1, 0.15) is 5.76 Å². The second-order valence-corrected chi connectivity index (χ2v) is 7.19. The average molecular weight is 332 g/mol. The lowest BCUT2D eigenvalue weighted by Crippen LogP contribution is -2.50. The van der Waals surface area contributed by atoms with Gasteiger partial charge in [-0.1, -0.05) is 0 Å². The summed E-state index contributed by atoms with van der Waals surface area (Å²) in [7, 11) is 1.87. The maximum atomic E-state index is 12.5. The normalized spacial score (nSPS) is 26.1. The Balaban J connectivity index is 1.31. The van der Waals surface area contributed by atoms with Crippen molar-refractivity contribution in [3.63, 3.8) is 0 Å². The maximum Gasteiger partial charge on any atom is 0.273 e. The average Bonchev–Trinajstić information content (AvgIpc) is 3.22. The summed E-state index contributed by atoms with van der Waals surface area (Å²) in [5, 5.41) is 3.09. The van der Waals surface area contributed by atoms with Crippen LogP contribution >= 0.6 is 0 Å². The van der Waals surface area contributed by atoms with Crippen LogP contribution in [0.15, 0.2) is 10.8 Å². The van der Waals surface area contributed by atoms with Gasteiger partial charge in [0, 0.05) is 38.6 Å². The second kappa shape index (κ2) is 6.20. The van der Waals surface area contributed by atoms with Gasteiger partial charge in [-0.3, -0.25) is 14.5 Å². The van der Waals surface area contributed by atoms with E-state index < -0.39 is 0 Å². The standard InChI is InChI=1S/C17H24N4O3/c1-20-7-6-13(17(20)23)21-8-4-12(5-9-21)19-16(22)14-15(11-2-3-11)24-10-18-14/h10-13H,2-9H2,1H3,(H,19,22). The second-order valence-electron chi connectivity index (χ2n) is 7.19. The van der Waals surface area contributed by atoms with Gasteiger partial charge in [0.25, 0.3) is 5.91 Å². The third-order valence-corrected chi connectivity index (χ3v) is 5.46. The molecule has 0 bridgehead atoms. The fourth-order valence-electron chi connectivity index (χ4n) is 3.81. The number of amides is 2. The van der Waals surface area contributed by atoms with Gasteiger partial charge in [0.15, 0.2) is 12.1 Å². The molecular formula is C17H24N4O3. The summed E-state index contributed by atoms with van der Waals surface area (Å²) in [6.07, 6.45) is 6.19. The lowest BCUT2D eigenvalue weighted by molar-refractivity contribution is -0.131. The maximum absolute atomic E-state index is 12.5. The lowest BCUT2D eigenvalue weighted by Gasteiger charge is -2.35. The summed E-state index contributed by atoms with van der Waals surface area (Å²) in [5.41, 5.74) is 0.451. The van der Waals surface area contributed by atoms with E-state index in [0.29, 0.717) is 11.6 Å². The molecular weight excluding hydrogens is 308 g/mol. The van der Waals surface area contributed by atoms with Gasteiger partial charge in [0.2, 0.25) is 5.91 Å². The van der Waals surface area contributed by atoms with Crippen LogP contribution in [0.5, 0.6) is 0 Å². The molecule has 1 aliphatic carbocycles. The molecule has 1 aromatic rings. The summed E-state index contributed by atoms with van der Waals surface area (Å²) in [5.74, 6) is 1.22. The van der Waals surface area contributed by atoms with Crippen molar-refractivity contribution in [2.24, 2.45) is 0 Å². The first kappa shape index (κ1) is 15.6. The molecule has 130 valence electrons. The Morgan fingerprint density at radius 3 is 2.58 bits per heavy atom. The van der Waals surface area contributed by atoms with Crippen LogP contribution in [0.2, 0.25) is 0 Å². The highest BCUT2D eigenvalue weighted by atomic mass is 16.3. The van der Waals surface area contributed by atoms with Crippen molar-refractivity contribution in [2.45, 2.75) is 50.1 Å². The van der Waals surface area contributed by atoms with Crippen LogP contribution in [-0.4, -0.2) is 65.4 Å². The summed E-state index contributed by atoms with van der Waals surface area (Å²) < 4.78 is 5.38. The van der Waals surface area contributed by atoms with Crippen LogP contribution in [0.25, 0.3) is 0 Å². The monoisotopic (exact) mass is 332 g/mol. The highest BCUT2D eigenvalue weighted by Crippen LogP contribution is 2.41. The zero-order valence-electron chi connectivity index (χ0n) is 14.0. The number of rotatable bonds is 4. The van der Waals surface area contributed by atoms with E-state index in [-0.39, 0.29) is 23.9 Å². The number of likely N-dealkylation sites (tertiary alicyclic amines) is 2. The van der Waals surface area contributed by atoms with E-state index in [2.05, 4.69) is 15.2 Å². The van der Waals surface area contributed by atoms with E-state index in [1.807, 2.05) is 11.9 Å². The Bertz CT molecular complexity index is 632. The van der Waals surface area contributed by atoms with Crippen molar-refractivity contribution in [1.29, 1.82) is 0 Å². The van der Waals surface area contributed by atoms with Gasteiger partial charge in [-0.05, 0) is 32.1 Å². The molecule has 0 aromatic carbocycles. The lowest BCUT2D eigenvalue weighted by atomic mass is 10.0. The molecule has 1 atom stereocenters. The van der Waals surface area contributed by atoms with Gasteiger partial charge in [-0.2, -0.15) is 0 Å². The number of piperidine rings is 1. The minimum absolute atomic E-state index is 0.0312. The van der Waals surface area contributed by atoms with Crippen LogP contribution in [0.3, 0.4) is 0 Å². The number of nitrogens with one attached hydrogen (secondary N) is 1. The summed E-state index contributed by atoms with van der Waals surface area (Å²) in [6, 6.07) is 0.176. The summed E-state index contributed by atoms with van der Waals surface area (Å²) in [4.78, 5) is 32.7. The molecule has 24 heavy (non-hydrogen) atoms. The Morgan fingerprint density at radius 2 is 1.96 bits per heavy atom. The molecule has 2 saturated heterocycles. The van der Waals surface area contributed by atoms with Crippen molar-refractivity contribution >= 4 is 11.8 Å². The van der Waals surface area contributed by atoms with E-state index in [4.69, 9.17) is 4.42 Å². The molecule has 1 aromatic heterocycles. The zero-order chi connectivity index (χ0) is 16.7. The molecule has 7 nitrogen and oxygen atoms in total. The fraction of sp³-hybridized carbons (Fsp3) is 0.706. The van der Waals surface area contributed by atoms with Crippen molar-refractivity contribution in [3.8, 4) is 0 Å². The van der Waals surface area contributed by atoms with Crippen molar-refractivity contribution < 1.29 is 14.0 Å². The number of aromatic nitrogens is 1. The number of oxazole rings is 1. The summed E-state index contributed by atoms with van der Waals surface area (Å²) in [6.45, 7) is 2.54. The zero-order valence-corrected chi connectivity index (χ0v) is 14.0. The van der Waals surface area contributed by atoms with Crippen molar-refractivity contribution in [1.82, 2.24) is 20.1 Å². The first-order chi connectivity index (χ1) is 11.6. The van der Waals surface area contributed by atoms with Gasteiger partial charge in [-0.25, -0.2) is 4.98 Å². The number of nitrogens with zero attached hydrogens (tertiary/aromatic N) is 3.